The maximum atomic E-state index is 6.23. The summed E-state index contributed by atoms with van der Waals surface area (Å²) in [7, 11) is 1.70. The lowest BCUT2D eigenvalue weighted by molar-refractivity contribution is 0.162. The van der Waals surface area contributed by atoms with E-state index < -0.39 is 0 Å². The standard InChI is InChI=1S/C13H16BrClN2O/c1-8(7-18-3)17-12-5-4-10(14)6-11(12)16-13(17)9(2)15/h4-6,8-9H,7H2,1-3H3. The SMILES string of the molecule is COCC(C)n1c(C(C)Cl)nc2cc(Br)ccc21. The van der Waals surface area contributed by atoms with Crippen molar-refractivity contribution in [3.05, 3.63) is 28.5 Å². The molecule has 0 bridgehead atoms. The van der Waals surface area contributed by atoms with Crippen molar-refractivity contribution in [3.8, 4) is 0 Å². The molecule has 5 heteroatoms. The summed E-state index contributed by atoms with van der Waals surface area (Å²) in [5.74, 6) is 0.884. The van der Waals surface area contributed by atoms with Crippen LogP contribution in [0.1, 0.15) is 31.1 Å². The van der Waals surface area contributed by atoms with Gasteiger partial charge in [0.15, 0.2) is 0 Å². The number of hydrogen-bond donors (Lipinski definition) is 0. The van der Waals surface area contributed by atoms with Crippen molar-refractivity contribution in [2.45, 2.75) is 25.3 Å². The molecular formula is C13H16BrClN2O. The minimum Gasteiger partial charge on any atom is -0.383 e. The zero-order valence-electron chi connectivity index (χ0n) is 10.7. The van der Waals surface area contributed by atoms with Gasteiger partial charge in [0.05, 0.1) is 29.1 Å². The Morgan fingerprint density at radius 3 is 2.78 bits per heavy atom. The first-order chi connectivity index (χ1) is 8.54. The molecule has 2 aromatic rings. The topological polar surface area (TPSA) is 27.1 Å². The zero-order valence-corrected chi connectivity index (χ0v) is 13.0. The van der Waals surface area contributed by atoms with Gasteiger partial charge in [0.2, 0.25) is 0 Å². The molecule has 0 aliphatic rings. The maximum Gasteiger partial charge on any atom is 0.128 e. The third-order valence-electron chi connectivity index (χ3n) is 2.88. The second-order valence-electron chi connectivity index (χ2n) is 4.39. The number of benzene rings is 1. The van der Waals surface area contributed by atoms with Gasteiger partial charge in [-0.05, 0) is 32.0 Å². The molecule has 98 valence electrons. The molecular weight excluding hydrogens is 316 g/mol. The average molecular weight is 332 g/mol. The van der Waals surface area contributed by atoms with Gasteiger partial charge in [-0.2, -0.15) is 0 Å². The Morgan fingerprint density at radius 1 is 1.44 bits per heavy atom. The summed E-state index contributed by atoms with van der Waals surface area (Å²) in [6.45, 7) is 4.68. The van der Waals surface area contributed by atoms with Crippen LogP contribution in [0.5, 0.6) is 0 Å². The maximum absolute atomic E-state index is 6.23. The number of ether oxygens (including phenoxy) is 1. The number of fused-ring (bicyclic) bond motifs is 1. The summed E-state index contributed by atoms with van der Waals surface area (Å²) in [6, 6.07) is 6.29. The van der Waals surface area contributed by atoms with Gasteiger partial charge in [0.1, 0.15) is 5.82 Å². The molecule has 1 heterocycles. The van der Waals surface area contributed by atoms with E-state index in [4.69, 9.17) is 16.3 Å². The van der Waals surface area contributed by atoms with Crippen molar-refractivity contribution in [3.63, 3.8) is 0 Å². The van der Waals surface area contributed by atoms with Crippen LogP contribution in [0, 0.1) is 0 Å². The first-order valence-corrected chi connectivity index (χ1v) is 7.08. The van der Waals surface area contributed by atoms with Gasteiger partial charge in [-0.15, -0.1) is 11.6 Å². The monoisotopic (exact) mass is 330 g/mol. The fraction of sp³-hybridized carbons (Fsp3) is 0.462. The summed E-state index contributed by atoms with van der Waals surface area (Å²) in [4.78, 5) is 4.62. The molecule has 0 saturated carbocycles. The van der Waals surface area contributed by atoms with Crippen molar-refractivity contribution in [2.75, 3.05) is 13.7 Å². The van der Waals surface area contributed by atoms with Gasteiger partial charge >= 0.3 is 0 Å². The number of aromatic nitrogens is 2. The van der Waals surface area contributed by atoms with Gasteiger partial charge < -0.3 is 9.30 Å². The van der Waals surface area contributed by atoms with Crippen LogP contribution in [0.2, 0.25) is 0 Å². The van der Waals surface area contributed by atoms with Gasteiger partial charge in [0, 0.05) is 11.6 Å². The second-order valence-corrected chi connectivity index (χ2v) is 5.96. The second kappa shape index (κ2) is 5.59. The molecule has 3 nitrogen and oxygen atoms in total. The van der Waals surface area contributed by atoms with E-state index in [9.17, 15) is 0 Å². The first-order valence-electron chi connectivity index (χ1n) is 5.85. The van der Waals surface area contributed by atoms with Crippen LogP contribution in [-0.2, 0) is 4.74 Å². The van der Waals surface area contributed by atoms with E-state index >= 15 is 0 Å². The number of methoxy groups -OCH3 is 1. The Kier molecular flexibility index (Phi) is 4.30. The average Bonchev–Trinajstić information content (AvgIpc) is 2.67. The van der Waals surface area contributed by atoms with Crippen molar-refractivity contribution in [1.82, 2.24) is 9.55 Å². The Balaban J connectivity index is 2.62. The summed E-state index contributed by atoms with van der Waals surface area (Å²) >= 11 is 9.69. The number of halogens is 2. The highest BCUT2D eigenvalue weighted by molar-refractivity contribution is 9.10. The lowest BCUT2D eigenvalue weighted by Gasteiger charge is -2.17. The summed E-state index contributed by atoms with van der Waals surface area (Å²) in [5, 5.41) is -0.129. The van der Waals surface area contributed by atoms with Crippen molar-refractivity contribution >= 4 is 38.6 Å². The molecule has 0 aliphatic heterocycles. The highest BCUT2D eigenvalue weighted by atomic mass is 79.9. The molecule has 2 unspecified atom stereocenters. The lowest BCUT2D eigenvalue weighted by Crippen LogP contribution is -2.14. The van der Waals surface area contributed by atoms with Gasteiger partial charge in [-0.1, -0.05) is 15.9 Å². The van der Waals surface area contributed by atoms with E-state index in [-0.39, 0.29) is 11.4 Å². The van der Waals surface area contributed by atoms with Crippen LogP contribution in [0.4, 0.5) is 0 Å². The third kappa shape index (κ3) is 2.56. The van der Waals surface area contributed by atoms with Crippen molar-refractivity contribution < 1.29 is 4.74 Å². The highest BCUT2D eigenvalue weighted by Crippen LogP contribution is 2.29. The van der Waals surface area contributed by atoms with Crippen molar-refractivity contribution in [2.24, 2.45) is 0 Å². The predicted octanol–water partition coefficient (Wildman–Crippen LogP) is 4.31. The van der Waals surface area contributed by atoms with Gasteiger partial charge in [-0.3, -0.25) is 0 Å². The van der Waals surface area contributed by atoms with Crippen LogP contribution in [-0.4, -0.2) is 23.3 Å². The predicted molar refractivity (Wildman–Crippen MR) is 78.3 cm³/mol. The molecule has 0 fully saturated rings. The quantitative estimate of drug-likeness (QED) is 0.781. The van der Waals surface area contributed by atoms with Crippen LogP contribution >= 0.6 is 27.5 Å². The van der Waals surface area contributed by atoms with Crippen LogP contribution < -0.4 is 0 Å². The van der Waals surface area contributed by atoms with E-state index in [0.29, 0.717) is 6.61 Å². The summed E-state index contributed by atoms with van der Waals surface area (Å²) < 4.78 is 8.41. The number of nitrogens with zero attached hydrogens (tertiary/aromatic N) is 2. The van der Waals surface area contributed by atoms with Gasteiger partial charge in [0.25, 0.3) is 0 Å². The molecule has 18 heavy (non-hydrogen) atoms. The van der Waals surface area contributed by atoms with E-state index in [1.807, 2.05) is 19.1 Å². The molecule has 0 saturated heterocycles. The van der Waals surface area contributed by atoms with E-state index in [1.54, 1.807) is 7.11 Å². The molecule has 2 atom stereocenters. The molecule has 0 N–H and O–H groups in total. The highest BCUT2D eigenvalue weighted by Gasteiger charge is 2.19. The Labute approximate surface area is 120 Å². The van der Waals surface area contributed by atoms with E-state index in [0.717, 1.165) is 21.3 Å². The third-order valence-corrected chi connectivity index (χ3v) is 3.57. The molecule has 2 rings (SSSR count). The number of alkyl halides is 1. The van der Waals surface area contributed by atoms with E-state index in [1.165, 1.54) is 0 Å². The molecule has 1 aromatic heterocycles. The van der Waals surface area contributed by atoms with Crippen molar-refractivity contribution in [1.29, 1.82) is 0 Å². The largest absolute Gasteiger partial charge is 0.383 e. The normalized spacial score (nSPS) is 14.9. The minimum absolute atomic E-state index is 0.129. The molecule has 1 aromatic carbocycles. The fourth-order valence-corrected chi connectivity index (χ4v) is 2.65. The van der Waals surface area contributed by atoms with E-state index in [2.05, 4.69) is 38.5 Å². The minimum atomic E-state index is -0.129. The Morgan fingerprint density at radius 2 is 2.17 bits per heavy atom. The van der Waals surface area contributed by atoms with Crippen LogP contribution in [0.25, 0.3) is 11.0 Å². The number of imidazole rings is 1. The Hall–Kier alpha value is -0.580. The summed E-state index contributed by atoms with van der Waals surface area (Å²) in [6.07, 6.45) is 0. The Bertz CT molecular complexity index is 553. The molecule has 0 aliphatic carbocycles. The smallest absolute Gasteiger partial charge is 0.128 e. The number of hydrogen-bond acceptors (Lipinski definition) is 2. The molecule has 0 spiro atoms. The first kappa shape index (κ1) is 13.8. The van der Waals surface area contributed by atoms with Crippen LogP contribution in [0.15, 0.2) is 22.7 Å². The summed E-state index contributed by atoms with van der Waals surface area (Å²) in [5.41, 5.74) is 2.04. The fourth-order valence-electron chi connectivity index (χ4n) is 2.15. The van der Waals surface area contributed by atoms with Crippen LogP contribution in [0.3, 0.4) is 0 Å². The lowest BCUT2D eigenvalue weighted by atomic mass is 10.2. The molecule has 0 radical (unpaired) electrons. The van der Waals surface area contributed by atoms with Gasteiger partial charge in [-0.25, -0.2) is 4.98 Å². The zero-order chi connectivity index (χ0) is 13.3. The molecule has 0 amide bonds. The number of rotatable bonds is 4.